The number of nitrogens with one attached hydrogen (secondary N) is 1. The molecule has 6 nitrogen and oxygen atoms in total. The van der Waals surface area contributed by atoms with E-state index in [1.807, 2.05) is 0 Å². The van der Waals surface area contributed by atoms with Crippen molar-refractivity contribution in [3.05, 3.63) is 260 Å². The number of nitrogens with zero attached hydrogens (tertiary/aromatic N) is 3. The number of nitrogen functional groups attached to an aromatic ring is 2. The van der Waals surface area contributed by atoms with Gasteiger partial charge < -0.3 is 26.2 Å². The number of hydrogen-bond donors (Lipinski definition) is 3. The number of aryl methyl sites for hydroxylation is 2. The molecule has 0 aliphatic heterocycles. The molecule has 0 spiro atoms. The molecule has 0 fully saturated rings. The minimum atomic E-state index is -7.22. The molecule has 0 aliphatic carbocycles. The average Bonchev–Trinajstić information content (AvgIpc) is 0.679. The summed E-state index contributed by atoms with van der Waals surface area (Å²) in [4.78, 5) is 8.72. The molecule has 10 aromatic carbocycles. The van der Waals surface area contributed by atoms with E-state index in [0.29, 0.717) is 0 Å². The Kier molecular flexibility index (Phi) is 32.5. The van der Waals surface area contributed by atoms with E-state index < -0.39 is 144 Å². The minimum Gasteiger partial charge on any atom is -0.394 e. The SMILES string of the molecule is CCCCc1ccc([NH+](c2ccccc2-c2ccc(N(c3ccc(N(CCCC)CCCC)cc3)c3ccc(N(CCCC)CCCC)cc3)cc2)c2ccc(CCCC)c(CCCC)c2N)c(N)c1CCCC.Fc1c(F)c(F)c([B-](c2c(F)c(F)c(F)c(F)c2F)(c2c(F)c(F)c(F)c(F)c2F)c2c(F)c(F)c(F)c(F)c2F)c(F)c1F. The number of nitrogens with two attached hydrogens (primary N) is 2. The Morgan fingerprint density at radius 3 is 0.782 bits per heavy atom. The predicted molar refractivity (Wildman–Crippen MR) is 436 cm³/mol. The summed E-state index contributed by atoms with van der Waals surface area (Å²) in [6, 6.07) is 46.3. The van der Waals surface area contributed by atoms with Crippen molar-refractivity contribution in [2.24, 2.45) is 0 Å². The average molecular weight is 1680 g/mol. The fraction of sp³-hybridized carbons (Fsp3) is 0.348. The van der Waals surface area contributed by atoms with Gasteiger partial charge in [0.1, 0.15) is 58.4 Å². The third-order valence-electron chi connectivity index (χ3n) is 22.0. The molecule has 10 aromatic rings. The van der Waals surface area contributed by atoms with Gasteiger partial charge in [-0.1, -0.05) is 143 Å². The van der Waals surface area contributed by atoms with Crippen LogP contribution in [0.25, 0.3) is 11.1 Å². The van der Waals surface area contributed by atoms with Crippen molar-refractivity contribution >= 4 is 84.9 Å². The van der Waals surface area contributed by atoms with Gasteiger partial charge in [-0.2, -0.15) is 0 Å². The summed E-state index contributed by atoms with van der Waals surface area (Å²) in [6.07, 6.45) is 15.5. The minimum absolute atomic E-state index is 0.905. The fourth-order valence-corrected chi connectivity index (χ4v) is 15.6. The highest BCUT2D eigenvalue weighted by Gasteiger charge is 2.53. The Balaban J connectivity index is 0.000000305. The normalized spacial score (nSPS) is 11.6. The first-order valence-electron chi connectivity index (χ1n) is 40.6. The molecule has 0 atom stereocenters. The van der Waals surface area contributed by atoms with Crippen molar-refractivity contribution in [2.45, 2.75) is 184 Å². The third-order valence-corrected chi connectivity index (χ3v) is 22.0. The van der Waals surface area contributed by atoms with Crippen molar-refractivity contribution in [2.75, 3.05) is 52.3 Å². The standard InChI is InChI=1S/C68H96N6.C24BF20/c1-9-17-27-53-35-47-65(67(69)62(53)29-19-11-3)74(66-48-36-54(28-18-10-2)63(68(66)70)30-20-12-4)64-32-26-25-31-61(64)55-33-37-58(38-34-55)73(59-43-39-56(40-44-59)71(49-21-13-5)50-22-14-6)60-45-41-57(42-46-60)72(51-23-15-7)52-24-16-8;26-5-1(6(27)14(35)21(42)13(5)34)25(2-7(28)15(36)22(43)16(37)8(2)29,3-9(30)17(38)23(44)18(39)10(3)31)4-11(32)19(40)24(45)20(41)12(4)33/h25-26,31-48H,9-24,27-30,49-52,69-70H2,1-8H3;/q;-1/p+1. The third kappa shape index (κ3) is 18.9. The number of unbranched alkanes of at least 4 members (excludes halogenated alkanes) is 8. The lowest BCUT2D eigenvalue weighted by molar-refractivity contribution is -0.679. The van der Waals surface area contributed by atoms with Gasteiger partial charge in [0.15, 0.2) is 81.2 Å². The molecular formula is C92H97BF20N6. The largest absolute Gasteiger partial charge is 0.394 e. The topological polar surface area (TPSA) is 66.2 Å². The van der Waals surface area contributed by atoms with Gasteiger partial charge in [-0.15, -0.1) is 21.9 Å². The van der Waals surface area contributed by atoms with Crippen LogP contribution in [0.5, 0.6) is 0 Å². The molecule has 0 aromatic heterocycles. The fourth-order valence-electron chi connectivity index (χ4n) is 15.6. The van der Waals surface area contributed by atoms with Crippen molar-refractivity contribution in [3.8, 4) is 11.1 Å². The highest BCUT2D eigenvalue weighted by atomic mass is 19.2. The van der Waals surface area contributed by atoms with E-state index in [1.165, 1.54) is 90.6 Å². The molecule has 10 rings (SSSR count). The van der Waals surface area contributed by atoms with E-state index in [4.69, 9.17) is 11.5 Å². The van der Waals surface area contributed by atoms with Crippen LogP contribution in [0.4, 0.5) is 145 Å². The van der Waals surface area contributed by atoms with Crippen LogP contribution in [-0.2, 0) is 25.7 Å². The Labute approximate surface area is 681 Å². The van der Waals surface area contributed by atoms with Gasteiger partial charge in [-0.3, -0.25) is 0 Å². The maximum Gasteiger partial charge on any atom is 0.200 e. The van der Waals surface area contributed by atoms with E-state index >= 15 is 35.1 Å². The van der Waals surface area contributed by atoms with Crippen molar-refractivity contribution in [1.82, 2.24) is 0 Å². The molecule has 0 amide bonds. The lowest BCUT2D eigenvalue weighted by Gasteiger charge is -2.44. The van der Waals surface area contributed by atoms with Gasteiger partial charge in [-0.25, -0.2) is 92.7 Å². The smallest absolute Gasteiger partial charge is 0.200 e. The summed E-state index contributed by atoms with van der Waals surface area (Å²) in [5.41, 5.74) is 19.7. The zero-order valence-corrected chi connectivity index (χ0v) is 67.7. The van der Waals surface area contributed by atoms with Gasteiger partial charge in [0.05, 0.1) is 11.4 Å². The number of rotatable bonds is 37. The predicted octanol–water partition coefficient (Wildman–Crippen LogP) is 24.2. The summed E-state index contributed by atoms with van der Waals surface area (Å²) >= 11 is 0. The van der Waals surface area contributed by atoms with E-state index in [9.17, 15) is 52.7 Å². The van der Waals surface area contributed by atoms with Crippen LogP contribution in [0.2, 0.25) is 0 Å². The Bertz CT molecular complexity index is 4640. The van der Waals surface area contributed by atoms with Gasteiger partial charge in [0.2, 0.25) is 0 Å². The first-order valence-corrected chi connectivity index (χ1v) is 40.6. The van der Waals surface area contributed by atoms with Gasteiger partial charge in [0.25, 0.3) is 0 Å². The van der Waals surface area contributed by atoms with Crippen molar-refractivity contribution in [3.63, 3.8) is 0 Å². The second kappa shape index (κ2) is 41.7. The zero-order chi connectivity index (χ0) is 87.0. The summed E-state index contributed by atoms with van der Waals surface area (Å²) in [6.45, 7) is 22.6. The number of benzene rings is 10. The Morgan fingerprint density at radius 2 is 0.504 bits per heavy atom. The molecule has 0 radical (unpaired) electrons. The monoisotopic (exact) mass is 1680 g/mol. The van der Waals surface area contributed by atoms with Gasteiger partial charge in [0, 0.05) is 78.4 Å². The van der Waals surface area contributed by atoms with Crippen LogP contribution in [0.1, 0.15) is 180 Å². The molecule has 5 N–H and O–H groups in total. The highest BCUT2D eigenvalue weighted by Crippen LogP contribution is 2.42. The van der Waals surface area contributed by atoms with Crippen LogP contribution < -0.4 is 52.9 Å². The number of anilines is 7. The molecule has 27 heteroatoms. The summed E-state index contributed by atoms with van der Waals surface area (Å²) < 4.78 is 294. The van der Waals surface area contributed by atoms with Crippen LogP contribution in [-0.4, -0.2) is 32.3 Å². The van der Waals surface area contributed by atoms with E-state index in [1.54, 1.807) is 0 Å². The van der Waals surface area contributed by atoms with Gasteiger partial charge in [-0.05, 0) is 172 Å². The van der Waals surface area contributed by atoms with Crippen molar-refractivity contribution in [1.29, 1.82) is 0 Å². The lowest BCUT2D eigenvalue weighted by Crippen LogP contribution is -2.97. The Hall–Kier alpha value is -10.2. The second-order valence-electron chi connectivity index (χ2n) is 29.8. The van der Waals surface area contributed by atoms with Crippen molar-refractivity contribution < 1.29 is 92.7 Å². The van der Waals surface area contributed by atoms with E-state index in [0.717, 1.165) is 159 Å². The van der Waals surface area contributed by atoms with Crippen LogP contribution in [0.3, 0.4) is 0 Å². The maximum atomic E-state index is 15.4. The molecule has 0 saturated heterocycles. The molecule has 0 heterocycles. The zero-order valence-electron chi connectivity index (χ0n) is 67.7. The number of quaternary nitrogens is 1. The Morgan fingerprint density at radius 1 is 0.261 bits per heavy atom. The van der Waals surface area contributed by atoms with Crippen LogP contribution in [0.15, 0.2) is 121 Å². The molecular weight excluding hydrogens is 1580 g/mol. The van der Waals surface area contributed by atoms with Gasteiger partial charge >= 0.3 is 0 Å². The molecule has 0 aliphatic rings. The molecule has 119 heavy (non-hydrogen) atoms. The molecule has 0 unspecified atom stereocenters. The highest BCUT2D eigenvalue weighted by molar-refractivity contribution is 7.20. The molecule has 0 bridgehead atoms. The molecule has 638 valence electrons. The van der Waals surface area contributed by atoms with E-state index in [-0.39, 0.29) is 0 Å². The van der Waals surface area contributed by atoms with Crippen LogP contribution >= 0.6 is 0 Å². The number of halogens is 20. The first-order chi connectivity index (χ1) is 57.0. The summed E-state index contributed by atoms with van der Waals surface area (Å²) in [5, 5.41) is 0. The molecule has 0 saturated carbocycles. The first kappa shape index (κ1) is 92.7. The van der Waals surface area contributed by atoms with E-state index in [2.05, 4.69) is 191 Å². The van der Waals surface area contributed by atoms with Crippen LogP contribution in [0, 0.1) is 116 Å². The lowest BCUT2D eigenvalue weighted by atomic mass is 9.12. The maximum absolute atomic E-state index is 15.4. The second-order valence-corrected chi connectivity index (χ2v) is 29.8. The number of para-hydroxylation sites is 1. The summed E-state index contributed by atoms with van der Waals surface area (Å²) in [5.74, 6) is -71.4. The summed E-state index contributed by atoms with van der Waals surface area (Å²) in [7, 11) is 0. The number of hydrogen-bond acceptors (Lipinski definition) is 5. The quantitative estimate of drug-likeness (QED) is 0.0119.